The van der Waals surface area contributed by atoms with Crippen LogP contribution in [0.4, 0.5) is 10.6 Å². The van der Waals surface area contributed by atoms with Crippen LogP contribution in [0.25, 0.3) is 0 Å². The maximum atomic E-state index is 11.6. The molecule has 1 amide bonds. The van der Waals surface area contributed by atoms with E-state index in [4.69, 9.17) is 4.74 Å². The molecule has 6 nitrogen and oxygen atoms in total. The molecule has 0 atom stereocenters. The minimum absolute atomic E-state index is 0.224. The first-order valence-electron chi connectivity index (χ1n) is 7.10. The van der Waals surface area contributed by atoms with Gasteiger partial charge in [-0.25, -0.2) is 14.8 Å². The van der Waals surface area contributed by atoms with Crippen LogP contribution >= 0.6 is 0 Å². The Hall–Kier alpha value is -1.85. The second kappa shape index (κ2) is 6.54. The van der Waals surface area contributed by atoms with Crippen LogP contribution in [0.5, 0.6) is 0 Å². The molecule has 0 saturated carbocycles. The summed E-state index contributed by atoms with van der Waals surface area (Å²) < 4.78 is 5.02. The molecule has 0 radical (unpaired) electrons. The van der Waals surface area contributed by atoms with Gasteiger partial charge in [-0.3, -0.25) is 0 Å². The number of amides is 1. The SMILES string of the molecule is CCOC(=O)N1CCN(c2cc(C(C)C)ncn2)CC1. The molecule has 1 aliphatic heterocycles. The lowest BCUT2D eigenvalue weighted by molar-refractivity contribution is 0.105. The molecular formula is C14H22N4O2. The molecule has 0 bridgehead atoms. The van der Waals surface area contributed by atoms with Gasteiger partial charge in [0.25, 0.3) is 0 Å². The predicted molar refractivity (Wildman–Crippen MR) is 76.9 cm³/mol. The number of ether oxygens (including phenoxy) is 1. The van der Waals surface area contributed by atoms with Crippen molar-refractivity contribution in [1.82, 2.24) is 14.9 Å². The predicted octanol–water partition coefficient (Wildman–Crippen LogP) is 1.88. The van der Waals surface area contributed by atoms with Gasteiger partial charge in [0.1, 0.15) is 12.1 Å². The number of anilines is 1. The molecule has 6 heteroatoms. The van der Waals surface area contributed by atoms with Gasteiger partial charge in [-0.1, -0.05) is 13.8 Å². The van der Waals surface area contributed by atoms with Crippen LogP contribution in [-0.2, 0) is 4.74 Å². The van der Waals surface area contributed by atoms with E-state index in [1.807, 2.05) is 13.0 Å². The van der Waals surface area contributed by atoms with Crippen LogP contribution in [0.2, 0.25) is 0 Å². The molecule has 1 aromatic heterocycles. The molecule has 1 aliphatic rings. The van der Waals surface area contributed by atoms with E-state index in [-0.39, 0.29) is 6.09 Å². The van der Waals surface area contributed by atoms with Crippen molar-refractivity contribution in [2.45, 2.75) is 26.7 Å². The summed E-state index contributed by atoms with van der Waals surface area (Å²) in [4.78, 5) is 24.2. The zero-order chi connectivity index (χ0) is 14.5. The Labute approximate surface area is 119 Å². The Morgan fingerprint density at radius 3 is 2.60 bits per heavy atom. The Morgan fingerprint density at radius 2 is 2.00 bits per heavy atom. The van der Waals surface area contributed by atoms with Gasteiger partial charge in [0.05, 0.1) is 6.61 Å². The van der Waals surface area contributed by atoms with Gasteiger partial charge in [-0.05, 0) is 12.8 Å². The molecule has 0 unspecified atom stereocenters. The summed E-state index contributed by atoms with van der Waals surface area (Å²) in [7, 11) is 0. The van der Waals surface area contributed by atoms with Crippen molar-refractivity contribution in [3.8, 4) is 0 Å². The fourth-order valence-corrected chi connectivity index (χ4v) is 2.18. The van der Waals surface area contributed by atoms with Gasteiger partial charge in [-0.15, -0.1) is 0 Å². The number of nitrogens with zero attached hydrogens (tertiary/aromatic N) is 4. The van der Waals surface area contributed by atoms with Crippen molar-refractivity contribution in [2.75, 3.05) is 37.7 Å². The van der Waals surface area contributed by atoms with Crippen LogP contribution in [0.15, 0.2) is 12.4 Å². The van der Waals surface area contributed by atoms with Crippen molar-refractivity contribution < 1.29 is 9.53 Å². The van der Waals surface area contributed by atoms with E-state index in [0.29, 0.717) is 25.6 Å². The average molecular weight is 278 g/mol. The fraction of sp³-hybridized carbons (Fsp3) is 0.643. The first-order chi connectivity index (χ1) is 9.61. The van der Waals surface area contributed by atoms with Gasteiger partial charge in [0, 0.05) is 37.9 Å². The molecule has 2 heterocycles. The minimum Gasteiger partial charge on any atom is -0.450 e. The molecular weight excluding hydrogens is 256 g/mol. The fourth-order valence-electron chi connectivity index (χ4n) is 2.18. The standard InChI is InChI=1S/C14H22N4O2/c1-4-20-14(19)18-7-5-17(6-8-18)13-9-12(11(2)3)15-10-16-13/h9-11H,4-8H2,1-3H3. The largest absolute Gasteiger partial charge is 0.450 e. The lowest BCUT2D eigenvalue weighted by Gasteiger charge is -2.34. The van der Waals surface area contributed by atoms with Crippen molar-refractivity contribution in [2.24, 2.45) is 0 Å². The number of hydrogen-bond acceptors (Lipinski definition) is 5. The molecule has 0 N–H and O–H groups in total. The van der Waals surface area contributed by atoms with E-state index in [0.717, 1.165) is 24.6 Å². The van der Waals surface area contributed by atoms with E-state index in [9.17, 15) is 4.79 Å². The Bertz CT molecular complexity index is 456. The van der Waals surface area contributed by atoms with Crippen LogP contribution in [-0.4, -0.2) is 53.7 Å². The average Bonchev–Trinajstić information content (AvgIpc) is 2.48. The highest BCUT2D eigenvalue weighted by atomic mass is 16.6. The molecule has 110 valence electrons. The second-order valence-corrected chi connectivity index (χ2v) is 5.13. The molecule has 1 saturated heterocycles. The maximum absolute atomic E-state index is 11.6. The van der Waals surface area contributed by atoms with Crippen LogP contribution < -0.4 is 4.90 Å². The highest BCUT2D eigenvalue weighted by Gasteiger charge is 2.22. The van der Waals surface area contributed by atoms with Gasteiger partial charge < -0.3 is 14.5 Å². The number of carbonyl (C=O) groups is 1. The summed E-state index contributed by atoms with van der Waals surface area (Å²) in [5.41, 5.74) is 1.04. The molecule has 0 aromatic carbocycles. The van der Waals surface area contributed by atoms with E-state index >= 15 is 0 Å². The summed E-state index contributed by atoms with van der Waals surface area (Å²) in [6.45, 7) is 9.35. The normalized spacial score (nSPS) is 15.6. The molecule has 0 spiro atoms. The summed E-state index contributed by atoms with van der Waals surface area (Å²) in [5, 5.41) is 0. The number of aromatic nitrogens is 2. The lowest BCUT2D eigenvalue weighted by atomic mass is 10.1. The molecule has 1 fully saturated rings. The number of rotatable bonds is 3. The first kappa shape index (κ1) is 14.6. The van der Waals surface area contributed by atoms with E-state index in [1.165, 1.54) is 0 Å². The summed E-state index contributed by atoms with van der Waals surface area (Å²) >= 11 is 0. The Balaban J connectivity index is 1.97. The minimum atomic E-state index is -0.224. The van der Waals surface area contributed by atoms with Crippen LogP contribution in [0, 0.1) is 0 Å². The molecule has 1 aromatic rings. The van der Waals surface area contributed by atoms with E-state index in [1.54, 1.807) is 11.2 Å². The van der Waals surface area contributed by atoms with Crippen molar-refractivity contribution in [3.63, 3.8) is 0 Å². The summed E-state index contributed by atoms with van der Waals surface area (Å²) in [6, 6.07) is 2.03. The summed E-state index contributed by atoms with van der Waals surface area (Å²) in [5.74, 6) is 1.32. The highest BCUT2D eigenvalue weighted by Crippen LogP contribution is 2.18. The zero-order valence-corrected chi connectivity index (χ0v) is 12.4. The van der Waals surface area contributed by atoms with Crippen molar-refractivity contribution >= 4 is 11.9 Å². The van der Waals surface area contributed by atoms with Gasteiger partial charge in [0.15, 0.2) is 0 Å². The second-order valence-electron chi connectivity index (χ2n) is 5.13. The maximum Gasteiger partial charge on any atom is 0.409 e. The van der Waals surface area contributed by atoms with Crippen LogP contribution in [0.1, 0.15) is 32.4 Å². The van der Waals surface area contributed by atoms with Crippen molar-refractivity contribution in [3.05, 3.63) is 18.1 Å². The first-order valence-corrected chi connectivity index (χ1v) is 7.10. The topological polar surface area (TPSA) is 58.6 Å². The van der Waals surface area contributed by atoms with Gasteiger partial charge >= 0.3 is 6.09 Å². The Morgan fingerprint density at radius 1 is 1.30 bits per heavy atom. The quantitative estimate of drug-likeness (QED) is 0.845. The molecule has 2 rings (SSSR count). The zero-order valence-electron chi connectivity index (χ0n) is 12.4. The van der Waals surface area contributed by atoms with Crippen LogP contribution in [0.3, 0.4) is 0 Å². The molecule has 0 aliphatic carbocycles. The third-order valence-corrected chi connectivity index (χ3v) is 3.40. The Kier molecular flexibility index (Phi) is 4.76. The smallest absolute Gasteiger partial charge is 0.409 e. The van der Waals surface area contributed by atoms with E-state index in [2.05, 4.69) is 28.7 Å². The van der Waals surface area contributed by atoms with Gasteiger partial charge in [-0.2, -0.15) is 0 Å². The van der Waals surface area contributed by atoms with Gasteiger partial charge in [0.2, 0.25) is 0 Å². The van der Waals surface area contributed by atoms with E-state index < -0.39 is 0 Å². The third kappa shape index (κ3) is 3.37. The van der Waals surface area contributed by atoms with Crippen molar-refractivity contribution in [1.29, 1.82) is 0 Å². The molecule has 20 heavy (non-hydrogen) atoms. The highest BCUT2D eigenvalue weighted by molar-refractivity contribution is 5.68. The lowest BCUT2D eigenvalue weighted by Crippen LogP contribution is -2.49. The third-order valence-electron chi connectivity index (χ3n) is 3.40. The number of carbonyl (C=O) groups excluding carboxylic acids is 1. The monoisotopic (exact) mass is 278 g/mol. The number of hydrogen-bond donors (Lipinski definition) is 0. The summed E-state index contributed by atoms with van der Waals surface area (Å²) in [6.07, 6.45) is 1.39. The number of piperazine rings is 1.